The summed E-state index contributed by atoms with van der Waals surface area (Å²) in [7, 11) is 3.16. The molecule has 0 aliphatic carbocycles. The third-order valence-corrected chi connectivity index (χ3v) is 5.73. The number of pyridine rings is 1. The van der Waals surface area contributed by atoms with E-state index in [1.807, 2.05) is 22.8 Å². The molecule has 5 rings (SSSR count). The summed E-state index contributed by atoms with van der Waals surface area (Å²) in [5.74, 6) is 3.24. The molecule has 1 N–H and O–H groups in total. The molecule has 194 valence electrons. The molecule has 1 aliphatic heterocycles. The molecule has 37 heavy (non-hydrogen) atoms. The molecule has 0 saturated heterocycles. The van der Waals surface area contributed by atoms with E-state index < -0.39 is 12.7 Å². The summed E-state index contributed by atoms with van der Waals surface area (Å²) in [5, 5.41) is 7.16. The van der Waals surface area contributed by atoms with Crippen molar-refractivity contribution in [3.63, 3.8) is 0 Å². The first-order chi connectivity index (χ1) is 17.7. The summed E-state index contributed by atoms with van der Waals surface area (Å²) < 4.78 is 58.4. The van der Waals surface area contributed by atoms with Crippen LogP contribution in [0.15, 0.2) is 36.7 Å². The van der Waals surface area contributed by atoms with E-state index in [-0.39, 0.29) is 11.6 Å². The number of nitrogens with one attached hydrogen (secondary N) is 1. The quantitative estimate of drug-likeness (QED) is 0.393. The van der Waals surface area contributed by atoms with Crippen LogP contribution in [-0.4, -0.2) is 56.3 Å². The van der Waals surface area contributed by atoms with Crippen molar-refractivity contribution >= 4 is 5.82 Å². The van der Waals surface area contributed by atoms with Crippen LogP contribution >= 0.6 is 0 Å². The number of imidazole rings is 1. The fourth-order valence-corrected chi connectivity index (χ4v) is 4.09. The predicted octanol–water partition coefficient (Wildman–Crippen LogP) is 4.10. The smallest absolute Gasteiger partial charge is 0.408 e. The second kappa shape index (κ2) is 9.64. The maximum absolute atomic E-state index is 13.0. The van der Waals surface area contributed by atoms with Crippen LogP contribution < -0.4 is 19.5 Å². The van der Waals surface area contributed by atoms with E-state index in [0.29, 0.717) is 59.8 Å². The monoisotopic (exact) mass is 515 g/mol. The van der Waals surface area contributed by atoms with Gasteiger partial charge in [-0.15, -0.1) is 0 Å². The third-order valence-electron chi connectivity index (χ3n) is 5.73. The van der Waals surface area contributed by atoms with Crippen molar-refractivity contribution in [2.45, 2.75) is 32.7 Å². The zero-order chi connectivity index (χ0) is 26.2. The van der Waals surface area contributed by atoms with Crippen molar-refractivity contribution in [2.75, 3.05) is 26.1 Å². The van der Waals surface area contributed by atoms with Crippen molar-refractivity contribution in [1.29, 1.82) is 0 Å². The molecule has 4 aromatic rings. The molecule has 0 atom stereocenters. The number of ether oxygens (including phenoxy) is 3. The Morgan fingerprint density at radius 2 is 1.89 bits per heavy atom. The Morgan fingerprint density at radius 3 is 2.65 bits per heavy atom. The van der Waals surface area contributed by atoms with E-state index >= 15 is 0 Å². The summed E-state index contributed by atoms with van der Waals surface area (Å²) >= 11 is 0. The van der Waals surface area contributed by atoms with E-state index in [1.54, 1.807) is 39.6 Å². The van der Waals surface area contributed by atoms with Gasteiger partial charge >= 0.3 is 6.18 Å². The van der Waals surface area contributed by atoms with Gasteiger partial charge in [-0.05, 0) is 24.6 Å². The first kappa shape index (κ1) is 24.4. The number of alkyl halides is 3. The molecular weight excluding hydrogens is 491 g/mol. The summed E-state index contributed by atoms with van der Waals surface area (Å²) in [5.41, 5.74) is 1.89. The number of fused-ring (bicyclic) bond motifs is 3. The third kappa shape index (κ3) is 5.15. The fourth-order valence-electron chi connectivity index (χ4n) is 4.09. The molecule has 13 heteroatoms. The fraction of sp³-hybridized carbons (Fsp3) is 0.333. The summed E-state index contributed by atoms with van der Waals surface area (Å²) in [4.78, 5) is 13.3. The highest BCUT2D eigenvalue weighted by molar-refractivity contribution is 5.69. The van der Waals surface area contributed by atoms with E-state index in [0.717, 1.165) is 10.2 Å². The Bertz CT molecular complexity index is 1430. The Hall–Kier alpha value is -4.29. The van der Waals surface area contributed by atoms with Gasteiger partial charge in [-0.3, -0.25) is 0 Å². The van der Waals surface area contributed by atoms with Crippen LogP contribution in [0.1, 0.15) is 11.4 Å². The molecule has 0 unspecified atom stereocenters. The van der Waals surface area contributed by atoms with E-state index in [9.17, 15) is 13.2 Å². The van der Waals surface area contributed by atoms with Gasteiger partial charge < -0.3 is 24.1 Å². The van der Waals surface area contributed by atoms with Gasteiger partial charge in [0.2, 0.25) is 0 Å². The molecule has 0 radical (unpaired) electrons. The predicted molar refractivity (Wildman–Crippen MR) is 128 cm³/mol. The summed E-state index contributed by atoms with van der Waals surface area (Å²) in [6.07, 6.45) is -1.14. The number of aryl methyl sites for hydroxylation is 1. The highest BCUT2D eigenvalue weighted by Gasteiger charge is 2.31. The summed E-state index contributed by atoms with van der Waals surface area (Å²) in [6.45, 7) is 1.59. The Kier molecular flexibility index (Phi) is 6.36. The molecule has 1 aliphatic rings. The van der Waals surface area contributed by atoms with Gasteiger partial charge in [0.1, 0.15) is 42.1 Å². The normalized spacial score (nSPS) is 12.8. The minimum absolute atomic E-state index is 0.0547. The van der Waals surface area contributed by atoms with Crippen molar-refractivity contribution in [3.05, 3.63) is 48.0 Å². The molecule has 10 nitrogen and oxygen atoms in total. The Balaban J connectivity index is 1.40. The van der Waals surface area contributed by atoms with Crippen molar-refractivity contribution in [3.8, 4) is 40.2 Å². The van der Waals surface area contributed by atoms with Crippen LogP contribution in [0.5, 0.6) is 17.2 Å². The lowest BCUT2D eigenvalue weighted by Gasteiger charge is -2.12. The number of benzene rings is 1. The number of nitrogens with zero attached hydrogens (tertiary/aromatic N) is 6. The van der Waals surface area contributed by atoms with Crippen LogP contribution in [0, 0.1) is 6.92 Å². The number of anilines is 1. The maximum atomic E-state index is 13.0. The topological polar surface area (TPSA) is 101 Å². The molecule has 0 saturated carbocycles. The Morgan fingerprint density at radius 1 is 1.08 bits per heavy atom. The van der Waals surface area contributed by atoms with Crippen LogP contribution in [0.3, 0.4) is 0 Å². The van der Waals surface area contributed by atoms with Crippen molar-refractivity contribution < 1.29 is 27.4 Å². The van der Waals surface area contributed by atoms with E-state index in [4.69, 9.17) is 14.2 Å². The molecular formula is C24H24F3N7O3. The number of rotatable bonds is 7. The van der Waals surface area contributed by atoms with Gasteiger partial charge in [-0.1, -0.05) is 6.07 Å². The van der Waals surface area contributed by atoms with Crippen molar-refractivity contribution in [1.82, 2.24) is 29.3 Å². The number of methoxy groups -OCH3 is 2. The molecule has 0 bridgehead atoms. The molecule has 1 aromatic carbocycles. The number of aromatic nitrogens is 6. The second-order valence-corrected chi connectivity index (χ2v) is 8.36. The average Bonchev–Trinajstić information content (AvgIpc) is 3.39. The largest absolute Gasteiger partial charge is 0.493 e. The zero-order valence-electron chi connectivity index (χ0n) is 20.3. The van der Waals surface area contributed by atoms with Crippen LogP contribution in [0.2, 0.25) is 0 Å². The van der Waals surface area contributed by atoms with Gasteiger partial charge in [0.25, 0.3) is 0 Å². The molecule has 3 aromatic heterocycles. The lowest BCUT2D eigenvalue weighted by Crippen LogP contribution is -2.19. The highest BCUT2D eigenvalue weighted by Crippen LogP contribution is 2.35. The number of hydrogen-bond donors (Lipinski definition) is 1. The zero-order valence-corrected chi connectivity index (χ0v) is 20.3. The van der Waals surface area contributed by atoms with Gasteiger partial charge in [-0.25, -0.2) is 19.6 Å². The molecule has 0 fully saturated rings. The second-order valence-electron chi connectivity index (χ2n) is 8.36. The van der Waals surface area contributed by atoms with E-state index in [1.165, 1.54) is 0 Å². The van der Waals surface area contributed by atoms with Crippen molar-refractivity contribution in [2.24, 2.45) is 0 Å². The van der Waals surface area contributed by atoms with E-state index in [2.05, 4.69) is 25.4 Å². The number of hydrogen-bond acceptors (Lipinski definition) is 8. The first-order valence-electron chi connectivity index (χ1n) is 11.4. The SMILES string of the molecule is COc1ccc(CNc2cc3c(cn2)-c2nc(-c4nc(C)nn4CC(F)(F)F)cn2CCO3)cc1OC. The Labute approximate surface area is 210 Å². The molecule has 0 amide bonds. The standard InChI is InChI=1S/C24H24F3N7O3/c1-14-30-23(34(32-14)13-24(25,26)27)17-12-33-6-7-37-19-9-21(29-11-16(19)22(33)31-17)28-10-15-4-5-18(35-2)20(8-15)36-3/h4-5,8-9,11-12H,6-7,10,13H2,1-3H3,(H,28,29). The van der Waals surface area contributed by atoms with Gasteiger partial charge in [-0.2, -0.15) is 18.3 Å². The minimum Gasteiger partial charge on any atom is -0.493 e. The first-order valence-corrected chi connectivity index (χ1v) is 11.4. The highest BCUT2D eigenvalue weighted by atomic mass is 19.4. The lowest BCUT2D eigenvalue weighted by molar-refractivity contribution is -0.142. The maximum Gasteiger partial charge on any atom is 0.408 e. The lowest BCUT2D eigenvalue weighted by atomic mass is 10.2. The minimum atomic E-state index is -4.43. The van der Waals surface area contributed by atoms with Crippen LogP contribution in [0.4, 0.5) is 19.0 Å². The van der Waals surface area contributed by atoms with Crippen LogP contribution in [0.25, 0.3) is 22.9 Å². The number of halogens is 3. The van der Waals surface area contributed by atoms with Gasteiger partial charge in [0.15, 0.2) is 17.3 Å². The van der Waals surface area contributed by atoms with Gasteiger partial charge in [0.05, 0.1) is 26.3 Å². The summed E-state index contributed by atoms with van der Waals surface area (Å²) in [6, 6.07) is 7.41. The van der Waals surface area contributed by atoms with Crippen LogP contribution in [-0.2, 0) is 19.6 Å². The average molecular weight is 515 g/mol. The molecule has 4 heterocycles. The van der Waals surface area contributed by atoms with Gasteiger partial charge in [0, 0.05) is 25.0 Å². The molecule has 0 spiro atoms.